The van der Waals surface area contributed by atoms with E-state index in [0.717, 1.165) is 42.3 Å². The normalized spacial score (nSPS) is 18.2. The molecule has 1 heterocycles. The van der Waals surface area contributed by atoms with Crippen molar-refractivity contribution < 1.29 is 8.42 Å². The first-order valence-corrected chi connectivity index (χ1v) is 8.66. The van der Waals surface area contributed by atoms with Gasteiger partial charge >= 0.3 is 0 Å². The Hall–Kier alpha value is -0.520. The van der Waals surface area contributed by atoms with E-state index in [4.69, 9.17) is 0 Å². The molecule has 0 bridgehead atoms. The number of hydrogen-bond donors (Lipinski definition) is 1. The second kappa shape index (κ2) is 5.42. The molecular weight excluding hydrogens is 254 g/mol. The second-order valence-electron chi connectivity index (χ2n) is 4.31. The van der Waals surface area contributed by atoms with Crippen LogP contribution in [-0.2, 0) is 8.87 Å². The van der Waals surface area contributed by atoms with Crippen molar-refractivity contribution in [2.75, 3.05) is 13.1 Å². The average Bonchev–Trinajstić information content (AvgIpc) is 2.30. The molecule has 1 N–H and O–H groups in total. The molecule has 1 aromatic rings. The maximum absolute atomic E-state index is 12.2. The first-order valence-electron chi connectivity index (χ1n) is 5.78. The van der Waals surface area contributed by atoms with E-state index in [-0.39, 0.29) is 5.25 Å². The molecule has 0 aromatic heterocycles. The predicted octanol–water partition coefficient (Wildman–Crippen LogP) is 2.17. The topological polar surface area (TPSA) is 46.2 Å². The van der Waals surface area contributed by atoms with Gasteiger partial charge in [0.1, 0.15) is 0 Å². The summed E-state index contributed by atoms with van der Waals surface area (Å²) < 4.78 is 24.3. The minimum absolute atomic E-state index is 0.225. The van der Waals surface area contributed by atoms with Crippen LogP contribution in [0.15, 0.2) is 29.2 Å². The van der Waals surface area contributed by atoms with Crippen LogP contribution in [0.25, 0.3) is 0 Å². The highest BCUT2D eigenvalue weighted by Crippen LogP contribution is 2.31. The van der Waals surface area contributed by atoms with Crippen molar-refractivity contribution in [3.63, 3.8) is 0 Å². The summed E-state index contributed by atoms with van der Waals surface area (Å²) in [4.78, 5) is 0.423. The zero-order valence-corrected chi connectivity index (χ0v) is 11.5. The smallest absolute Gasteiger partial charge is 0.230 e. The lowest BCUT2D eigenvalue weighted by Gasteiger charge is -2.21. The fourth-order valence-corrected chi connectivity index (χ4v) is 5.52. The lowest BCUT2D eigenvalue weighted by molar-refractivity contribution is 0.532. The summed E-state index contributed by atoms with van der Waals surface area (Å²) in [5.74, 6) is 0. The fraction of sp³-hybridized carbons (Fsp3) is 0.500. The number of hydrogen-bond acceptors (Lipinski definition) is 4. The number of benzene rings is 1. The monoisotopic (exact) mass is 271 g/mol. The summed E-state index contributed by atoms with van der Waals surface area (Å²) in [5.41, 5.74) is 1.08. The minimum atomic E-state index is -3.19. The van der Waals surface area contributed by atoms with Gasteiger partial charge in [0, 0.05) is 5.25 Å². The Balaban J connectivity index is 2.10. The fourth-order valence-electron chi connectivity index (χ4n) is 1.83. The molecule has 1 aliphatic heterocycles. The molecule has 1 saturated heterocycles. The van der Waals surface area contributed by atoms with Gasteiger partial charge in [0.15, 0.2) is 0 Å². The average molecular weight is 271 g/mol. The summed E-state index contributed by atoms with van der Waals surface area (Å²) >= 11 is 0. The van der Waals surface area contributed by atoms with Gasteiger partial charge in [-0.1, -0.05) is 17.7 Å². The third kappa shape index (κ3) is 3.47. The van der Waals surface area contributed by atoms with E-state index in [0.29, 0.717) is 4.90 Å². The van der Waals surface area contributed by atoms with E-state index in [9.17, 15) is 8.42 Å². The van der Waals surface area contributed by atoms with Gasteiger partial charge < -0.3 is 5.32 Å². The lowest BCUT2D eigenvalue weighted by Crippen LogP contribution is -2.29. The van der Waals surface area contributed by atoms with Gasteiger partial charge in [0.25, 0.3) is 0 Å². The van der Waals surface area contributed by atoms with Gasteiger partial charge in [-0.15, -0.1) is 0 Å². The van der Waals surface area contributed by atoms with Gasteiger partial charge in [0.2, 0.25) is 8.87 Å². The van der Waals surface area contributed by atoms with Crippen molar-refractivity contribution in [1.29, 1.82) is 0 Å². The lowest BCUT2D eigenvalue weighted by atomic mass is 10.2. The van der Waals surface area contributed by atoms with Crippen LogP contribution in [0.3, 0.4) is 0 Å². The van der Waals surface area contributed by atoms with E-state index in [1.54, 1.807) is 12.1 Å². The molecule has 0 aliphatic carbocycles. The number of piperidine rings is 1. The Kier molecular flexibility index (Phi) is 4.12. The number of nitrogens with one attached hydrogen (secondary N) is 1. The molecule has 0 unspecified atom stereocenters. The number of rotatable bonds is 3. The van der Waals surface area contributed by atoms with Crippen LogP contribution in [-0.4, -0.2) is 26.8 Å². The predicted molar refractivity (Wildman–Crippen MR) is 71.8 cm³/mol. The summed E-state index contributed by atoms with van der Waals surface area (Å²) in [6.45, 7) is 3.79. The Bertz CT molecular complexity index is 462. The zero-order chi connectivity index (χ0) is 12.3. The van der Waals surface area contributed by atoms with Crippen LogP contribution in [0.5, 0.6) is 0 Å². The Morgan fingerprint density at radius 2 is 1.76 bits per heavy atom. The standard InChI is InChI=1S/C12H17NO2S2/c1-10-2-4-12(5-3-10)17(14,15)16-11-6-8-13-9-7-11/h2-5,11,13H,6-9H2,1H3. The van der Waals surface area contributed by atoms with Crippen molar-refractivity contribution in [3.05, 3.63) is 29.8 Å². The van der Waals surface area contributed by atoms with Gasteiger partial charge in [-0.25, -0.2) is 8.42 Å². The third-order valence-electron chi connectivity index (χ3n) is 2.86. The van der Waals surface area contributed by atoms with E-state index >= 15 is 0 Å². The number of aryl methyl sites for hydroxylation is 1. The van der Waals surface area contributed by atoms with Crippen LogP contribution in [0.2, 0.25) is 0 Å². The SMILES string of the molecule is Cc1ccc(S(=O)(=O)SC2CCNCC2)cc1. The second-order valence-corrected chi connectivity index (χ2v) is 8.45. The van der Waals surface area contributed by atoms with E-state index in [1.165, 1.54) is 0 Å². The van der Waals surface area contributed by atoms with Crippen molar-refractivity contribution >= 4 is 19.7 Å². The van der Waals surface area contributed by atoms with Gasteiger partial charge in [-0.2, -0.15) is 0 Å². The van der Waals surface area contributed by atoms with Crippen LogP contribution < -0.4 is 5.32 Å². The Morgan fingerprint density at radius 3 is 2.35 bits per heavy atom. The zero-order valence-electron chi connectivity index (χ0n) is 9.85. The maximum Gasteiger partial charge on any atom is 0.230 e. The van der Waals surface area contributed by atoms with Crippen LogP contribution in [0.1, 0.15) is 18.4 Å². The minimum Gasteiger partial charge on any atom is -0.317 e. The summed E-state index contributed by atoms with van der Waals surface area (Å²) in [6, 6.07) is 7.07. The molecule has 5 heteroatoms. The molecule has 3 nitrogen and oxygen atoms in total. The molecule has 17 heavy (non-hydrogen) atoms. The first-order chi connectivity index (χ1) is 8.08. The quantitative estimate of drug-likeness (QED) is 0.856. The molecule has 0 radical (unpaired) electrons. The highest BCUT2D eigenvalue weighted by molar-refractivity contribution is 8.72. The molecule has 2 rings (SSSR count). The van der Waals surface area contributed by atoms with Gasteiger partial charge in [-0.05, 0) is 55.8 Å². The maximum atomic E-state index is 12.2. The van der Waals surface area contributed by atoms with Crippen LogP contribution in [0, 0.1) is 6.92 Å². The molecule has 1 fully saturated rings. The van der Waals surface area contributed by atoms with E-state index < -0.39 is 8.87 Å². The molecule has 0 amide bonds. The van der Waals surface area contributed by atoms with Crippen molar-refractivity contribution in [1.82, 2.24) is 5.32 Å². The third-order valence-corrected chi connectivity index (χ3v) is 6.86. The largest absolute Gasteiger partial charge is 0.317 e. The molecule has 1 aromatic carbocycles. The Morgan fingerprint density at radius 1 is 1.18 bits per heavy atom. The molecule has 0 atom stereocenters. The summed E-state index contributed by atoms with van der Waals surface area (Å²) in [5, 5.41) is 3.46. The van der Waals surface area contributed by atoms with E-state index in [2.05, 4.69) is 5.32 Å². The molecule has 1 aliphatic rings. The highest BCUT2D eigenvalue weighted by atomic mass is 33.1. The first kappa shape index (κ1) is 12.9. The van der Waals surface area contributed by atoms with Gasteiger partial charge in [-0.3, -0.25) is 0 Å². The van der Waals surface area contributed by atoms with Crippen molar-refractivity contribution in [3.8, 4) is 0 Å². The highest BCUT2D eigenvalue weighted by Gasteiger charge is 2.23. The molecular formula is C12H17NO2S2. The summed E-state index contributed by atoms with van der Waals surface area (Å²) in [6.07, 6.45) is 1.85. The van der Waals surface area contributed by atoms with E-state index in [1.807, 2.05) is 19.1 Å². The molecule has 94 valence electrons. The molecule has 0 spiro atoms. The van der Waals surface area contributed by atoms with Crippen LogP contribution in [0.4, 0.5) is 0 Å². The summed E-state index contributed by atoms with van der Waals surface area (Å²) in [7, 11) is -2.07. The van der Waals surface area contributed by atoms with Gasteiger partial charge in [0.05, 0.1) is 4.90 Å². The van der Waals surface area contributed by atoms with Crippen molar-refractivity contribution in [2.24, 2.45) is 0 Å². The molecule has 0 saturated carbocycles. The van der Waals surface area contributed by atoms with Crippen molar-refractivity contribution in [2.45, 2.75) is 29.9 Å². The Labute approximate surface area is 106 Å². The van der Waals surface area contributed by atoms with Crippen LogP contribution >= 0.6 is 10.8 Å².